The summed E-state index contributed by atoms with van der Waals surface area (Å²) in [6.07, 6.45) is 2.14. The molecule has 0 unspecified atom stereocenters. The fourth-order valence-electron chi connectivity index (χ4n) is 1.84. The van der Waals surface area contributed by atoms with Gasteiger partial charge in [0.1, 0.15) is 0 Å². The number of amides is 1. The lowest BCUT2D eigenvalue weighted by Crippen LogP contribution is -2.14. The van der Waals surface area contributed by atoms with Crippen molar-refractivity contribution in [1.29, 1.82) is 5.26 Å². The van der Waals surface area contributed by atoms with E-state index in [4.69, 9.17) is 5.26 Å². The highest BCUT2D eigenvalue weighted by atomic mass is 16.1. The van der Waals surface area contributed by atoms with Crippen LogP contribution in [0.4, 0.5) is 5.69 Å². The van der Waals surface area contributed by atoms with E-state index in [9.17, 15) is 4.79 Å². The molecule has 0 fully saturated rings. The molecule has 5 nitrogen and oxygen atoms in total. The molecule has 5 heteroatoms. The van der Waals surface area contributed by atoms with E-state index in [1.165, 1.54) is 0 Å². The molecule has 0 saturated carbocycles. The summed E-state index contributed by atoms with van der Waals surface area (Å²) in [5.74, 6) is -0.0551. The van der Waals surface area contributed by atoms with Gasteiger partial charge in [-0.25, -0.2) is 4.98 Å². The number of hydrogen-bond donors (Lipinski definition) is 1. The van der Waals surface area contributed by atoms with Crippen LogP contribution in [-0.4, -0.2) is 15.5 Å². The lowest BCUT2D eigenvalue weighted by molar-refractivity contribution is -0.116. The highest BCUT2D eigenvalue weighted by molar-refractivity contribution is 5.90. The third kappa shape index (κ3) is 3.23. The minimum absolute atomic E-state index is 0.0551. The molecule has 2 aromatic rings. The molecule has 2 rings (SSSR count). The molecular formula is C15H16N4O. The molecule has 0 saturated heterocycles. The summed E-state index contributed by atoms with van der Waals surface area (Å²) < 4.78 is 1.97. The SMILES string of the molecule is Cc1ncn(CCC(=O)Nc2ccc(C#N)cc2)c1C. The molecule has 0 spiro atoms. The Balaban J connectivity index is 1.89. The maximum Gasteiger partial charge on any atom is 0.226 e. The van der Waals surface area contributed by atoms with Gasteiger partial charge in [0.15, 0.2) is 0 Å². The number of rotatable bonds is 4. The van der Waals surface area contributed by atoms with Crippen molar-refractivity contribution in [3.05, 3.63) is 47.5 Å². The van der Waals surface area contributed by atoms with Crippen molar-refractivity contribution in [2.45, 2.75) is 26.8 Å². The van der Waals surface area contributed by atoms with Gasteiger partial charge in [0, 0.05) is 24.3 Å². The van der Waals surface area contributed by atoms with Crippen LogP contribution < -0.4 is 5.32 Å². The fourth-order valence-corrected chi connectivity index (χ4v) is 1.84. The highest BCUT2D eigenvalue weighted by Gasteiger charge is 2.06. The normalized spacial score (nSPS) is 10.1. The Kier molecular flexibility index (Phi) is 4.16. The Labute approximate surface area is 117 Å². The summed E-state index contributed by atoms with van der Waals surface area (Å²) in [5, 5.41) is 11.5. The van der Waals surface area contributed by atoms with E-state index in [0.29, 0.717) is 24.2 Å². The average molecular weight is 268 g/mol. The van der Waals surface area contributed by atoms with Crippen LogP contribution in [0.15, 0.2) is 30.6 Å². The van der Waals surface area contributed by atoms with E-state index in [1.54, 1.807) is 30.6 Å². The zero-order chi connectivity index (χ0) is 14.5. The lowest BCUT2D eigenvalue weighted by atomic mass is 10.2. The third-order valence-electron chi connectivity index (χ3n) is 3.22. The molecule has 0 aliphatic heterocycles. The van der Waals surface area contributed by atoms with Crippen molar-refractivity contribution in [3.8, 4) is 6.07 Å². The summed E-state index contributed by atoms with van der Waals surface area (Å²) >= 11 is 0. The zero-order valence-electron chi connectivity index (χ0n) is 11.6. The first-order valence-corrected chi connectivity index (χ1v) is 6.38. The van der Waals surface area contributed by atoms with Crippen molar-refractivity contribution < 1.29 is 4.79 Å². The number of nitrogens with one attached hydrogen (secondary N) is 1. The predicted molar refractivity (Wildman–Crippen MR) is 76.1 cm³/mol. The first kappa shape index (κ1) is 13.8. The smallest absolute Gasteiger partial charge is 0.226 e. The van der Waals surface area contributed by atoms with Crippen LogP contribution in [0.5, 0.6) is 0 Å². The summed E-state index contributed by atoms with van der Waals surface area (Å²) in [6.45, 7) is 4.54. The highest BCUT2D eigenvalue weighted by Crippen LogP contribution is 2.10. The van der Waals surface area contributed by atoms with E-state index in [0.717, 1.165) is 11.4 Å². The van der Waals surface area contributed by atoms with E-state index < -0.39 is 0 Å². The minimum Gasteiger partial charge on any atom is -0.334 e. The number of nitrogens with zero attached hydrogens (tertiary/aromatic N) is 3. The molecule has 1 aromatic carbocycles. The van der Waals surface area contributed by atoms with Crippen LogP contribution in [0, 0.1) is 25.2 Å². The number of benzene rings is 1. The number of aryl methyl sites for hydroxylation is 2. The second kappa shape index (κ2) is 6.02. The monoisotopic (exact) mass is 268 g/mol. The summed E-state index contributed by atoms with van der Waals surface area (Å²) in [4.78, 5) is 16.0. The van der Waals surface area contributed by atoms with Gasteiger partial charge in [0.05, 0.1) is 23.7 Å². The Bertz CT molecular complexity index is 650. The molecule has 0 atom stereocenters. The molecule has 0 aliphatic rings. The van der Waals surface area contributed by atoms with Gasteiger partial charge in [0.25, 0.3) is 0 Å². The van der Waals surface area contributed by atoms with E-state index in [2.05, 4.69) is 10.3 Å². The van der Waals surface area contributed by atoms with Crippen molar-refractivity contribution in [2.24, 2.45) is 0 Å². The molecule has 0 bridgehead atoms. The summed E-state index contributed by atoms with van der Waals surface area (Å²) in [6, 6.07) is 8.85. The number of hydrogen-bond acceptors (Lipinski definition) is 3. The van der Waals surface area contributed by atoms with E-state index in [1.807, 2.05) is 24.5 Å². The predicted octanol–water partition coefficient (Wildman–Crippen LogP) is 2.40. The molecule has 0 aliphatic carbocycles. The van der Waals surface area contributed by atoms with Crippen LogP contribution in [-0.2, 0) is 11.3 Å². The fraction of sp³-hybridized carbons (Fsp3) is 0.267. The van der Waals surface area contributed by atoms with Gasteiger partial charge in [0.2, 0.25) is 5.91 Å². The Hall–Kier alpha value is -2.61. The van der Waals surface area contributed by atoms with Gasteiger partial charge in [-0.1, -0.05) is 0 Å². The molecule has 20 heavy (non-hydrogen) atoms. The second-order valence-electron chi connectivity index (χ2n) is 4.60. The molecule has 1 aromatic heterocycles. The summed E-state index contributed by atoms with van der Waals surface area (Å²) in [5.41, 5.74) is 3.34. The third-order valence-corrected chi connectivity index (χ3v) is 3.22. The van der Waals surface area contributed by atoms with Crippen molar-refractivity contribution in [1.82, 2.24) is 9.55 Å². The quantitative estimate of drug-likeness (QED) is 0.925. The average Bonchev–Trinajstić information content (AvgIpc) is 2.77. The number of nitriles is 1. The molecule has 1 N–H and O–H groups in total. The topological polar surface area (TPSA) is 70.7 Å². The lowest BCUT2D eigenvalue weighted by Gasteiger charge is -2.07. The van der Waals surface area contributed by atoms with E-state index in [-0.39, 0.29) is 5.91 Å². The van der Waals surface area contributed by atoms with Crippen molar-refractivity contribution in [3.63, 3.8) is 0 Å². The van der Waals surface area contributed by atoms with Crippen molar-refractivity contribution >= 4 is 11.6 Å². The minimum atomic E-state index is -0.0551. The first-order chi connectivity index (χ1) is 9.60. The largest absolute Gasteiger partial charge is 0.334 e. The van der Waals surface area contributed by atoms with Crippen molar-refractivity contribution in [2.75, 3.05) is 5.32 Å². The maximum absolute atomic E-state index is 11.8. The number of carbonyl (C=O) groups excluding carboxylic acids is 1. The summed E-state index contributed by atoms with van der Waals surface area (Å²) in [7, 11) is 0. The first-order valence-electron chi connectivity index (χ1n) is 6.38. The molecule has 1 amide bonds. The molecule has 102 valence electrons. The maximum atomic E-state index is 11.8. The van der Waals surface area contributed by atoms with Crippen LogP contribution in [0.3, 0.4) is 0 Å². The van der Waals surface area contributed by atoms with Gasteiger partial charge in [-0.15, -0.1) is 0 Å². The van der Waals surface area contributed by atoms with E-state index >= 15 is 0 Å². The van der Waals surface area contributed by atoms with Gasteiger partial charge in [-0.05, 0) is 38.1 Å². The number of anilines is 1. The van der Waals surface area contributed by atoms with Crippen LogP contribution in [0.25, 0.3) is 0 Å². The van der Waals surface area contributed by atoms with Crippen LogP contribution >= 0.6 is 0 Å². The Morgan fingerprint density at radius 3 is 2.60 bits per heavy atom. The van der Waals surface area contributed by atoms with Crippen LogP contribution in [0.1, 0.15) is 23.4 Å². The van der Waals surface area contributed by atoms with Crippen LogP contribution in [0.2, 0.25) is 0 Å². The Morgan fingerprint density at radius 2 is 2.05 bits per heavy atom. The van der Waals surface area contributed by atoms with Gasteiger partial charge in [-0.3, -0.25) is 4.79 Å². The molecule has 1 heterocycles. The van der Waals surface area contributed by atoms with Gasteiger partial charge < -0.3 is 9.88 Å². The Morgan fingerprint density at radius 1 is 1.35 bits per heavy atom. The second-order valence-corrected chi connectivity index (χ2v) is 4.60. The molecular weight excluding hydrogens is 252 g/mol. The number of imidazole rings is 1. The molecule has 0 radical (unpaired) electrons. The number of carbonyl (C=O) groups is 1. The van der Waals surface area contributed by atoms with Gasteiger partial charge in [-0.2, -0.15) is 5.26 Å². The standard InChI is InChI=1S/C15H16N4O/c1-11-12(2)19(10-17-11)8-7-15(20)18-14-5-3-13(9-16)4-6-14/h3-6,10H,7-8H2,1-2H3,(H,18,20). The zero-order valence-corrected chi connectivity index (χ0v) is 11.6. The number of aromatic nitrogens is 2. The van der Waals surface area contributed by atoms with Gasteiger partial charge >= 0.3 is 0 Å².